The molecule has 2 N–H and O–H groups in total. The predicted octanol–water partition coefficient (Wildman–Crippen LogP) is 1.17. The first-order valence-electron chi connectivity index (χ1n) is 7.38. The molecule has 1 amide bonds. The number of amidine groups is 1. The van der Waals surface area contributed by atoms with Crippen LogP contribution in [0.3, 0.4) is 0 Å². The third-order valence-corrected chi connectivity index (χ3v) is 4.05. The SMILES string of the molecule is CC(N=C(N)C1CCCCC1)C(=O)N1CCOCC1. The minimum atomic E-state index is -0.361. The summed E-state index contributed by atoms with van der Waals surface area (Å²) >= 11 is 0. The average molecular weight is 267 g/mol. The van der Waals surface area contributed by atoms with Gasteiger partial charge in [0.05, 0.1) is 19.0 Å². The van der Waals surface area contributed by atoms with Crippen molar-refractivity contribution in [2.45, 2.75) is 45.1 Å². The fourth-order valence-corrected chi connectivity index (χ4v) is 2.83. The van der Waals surface area contributed by atoms with Crippen LogP contribution in [0.25, 0.3) is 0 Å². The van der Waals surface area contributed by atoms with Crippen molar-refractivity contribution in [3.63, 3.8) is 0 Å². The molecule has 1 atom stereocenters. The van der Waals surface area contributed by atoms with Crippen LogP contribution in [0.4, 0.5) is 0 Å². The Bertz CT molecular complexity index is 332. The highest BCUT2D eigenvalue weighted by Gasteiger charge is 2.24. The molecule has 2 aliphatic rings. The van der Waals surface area contributed by atoms with Gasteiger partial charge in [0.15, 0.2) is 0 Å². The van der Waals surface area contributed by atoms with Crippen molar-refractivity contribution in [1.29, 1.82) is 0 Å². The number of nitrogens with zero attached hydrogens (tertiary/aromatic N) is 2. The van der Waals surface area contributed by atoms with Gasteiger partial charge in [0.25, 0.3) is 0 Å². The number of hydrogen-bond acceptors (Lipinski definition) is 3. The monoisotopic (exact) mass is 267 g/mol. The number of hydrogen-bond donors (Lipinski definition) is 1. The zero-order valence-corrected chi connectivity index (χ0v) is 11.8. The van der Waals surface area contributed by atoms with E-state index in [0.29, 0.717) is 38.1 Å². The van der Waals surface area contributed by atoms with Gasteiger partial charge >= 0.3 is 0 Å². The summed E-state index contributed by atoms with van der Waals surface area (Å²) in [6, 6.07) is -0.361. The van der Waals surface area contributed by atoms with E-state index >= 15 is 0 Å². The molecule has 1 unspecified atom stereocenters. The van der Waals surface area contributed by atoms with E-state index in [1.54, 1.807) is 0 Å². The Morgan fingerprint density at radius 1 is 1.26 bits per heavy atom. The van der Waals surface area contributed by atoms with Crippen molar-refractivity contribution >= 4 is 11.7 Å². The molecule has 0 spiro atoms. The van der Waals surface area contributed by atoms with Gasteiger partial charge in [0.1, 0.15) is 6.04 Å². The highest BCUT2D eigenvalue weighted by atomic mass is 16.5. The molecule has 1 aliphatic carbocycles. The number of aliphatic imine (C=N–C) groups is 1. The average Bonchev–Trinajstić information content (AvgIpc) is 2.48. The fraction of sp³-hybridized carbons (Fsp3) is 0.857. The summed E-state index contributed by atoms with van der Waals surface area (Å²) in [7, 11) is 0. The van der Waals surface area contributed by atoms with Gasteiger partial charge in [-0.25, -0.2) is 0 Å². The highest BCUT2D eigenvalue weighted by molar-refractivity contribution is 5.88. The van der Waals surface area contributed by atoms with Crippen LogP contribution < -0.4 is 5.73 Å². The molecule has 1 saturated carbocycles. The van der Waals surface area contributed by atoms with E-state index in [2.05, 4.69) is 4.99 Å². The number of ether oxygens (including phenoxy) is 1. The number of rotatable bonds is 3. The molecule has 2 fully saturated rings. The summed E-state index contributed by atoms with van der Waals surface area (Å²) in [6.45, 7) is 4.43. The summed E-state index contributed by atoms with van der Waals surface area (Å²) in [5, 5.41) is 0. The minimum absolute atomic E-state index is 0.0714. The molecule has 0 aromatic carbocycles. The van der Waals surface area contributed by atoms with E-state index in [0.717, 1.165) is 12.8 Å². The van der Waals surface area contributed by atoms with Crippen LogP contribution in [-0.2, 0) is 9.53 Å². The molecule has 2 rings (SSSR count). The predicted molar refractivity (Wildman–Crippen MR) is 75.1 cm³/mol. The second-order valence-corrected chi connectivity index (χ2v) is 5.50. The quantitative estimate of drug-likeness (QED) is 0.616. The molecule has 5 heteroatoms. The standard InChI is InChI=1S/C14H25N3O2/c1-11(14(18)17-7-9-19-10-8-17)16-13(15)12-5-3-2-4-6-12/h11-12H,2-10H2,1H3,(H2,15,16). The molecule has 19 heavy (non-hydrogen) atoms. The van der Waals surface area contributed by atoms with Gasteiger partial charge in [-0.1, -0.05) is 19.3 Å². The molecule has 0 radical (unpaired) electrons. The van der Waals surface area contributed by atoms with Crippen molar-refractivity contribution < 1.29 is 9.53 Å². The molecule has 1 aliphatic heterocycles. The normalized spacial score (nSPS) is 24.3. The zero-order chi connectivity index (χ0) is 13.7. The van der Waals surface area contributed by atoms with Crippen LogP contribution in [0.5, 0.6) is 0 Å². The van der Waals surface area contributed by atoms with Gasteiger partial charge in [0, 0.05) is 19.0 Å². The fourth-order valence-electron chi connectivity index (χ4n) is 2.83. The van der Waals surface area contributed by atoms with E-state index in [9.17, 15) is 4.79 Å². The largest absolute Gasteiger partial charge is 0.387 e. The van der Waals surface area contributed by atoms with E-state index in [4.69, 9.17) is 10.5 Å². The van der Waals surface area contributed by atoms with Crippen LogP contribution >= 0.6 is 0 Å². The molecule has 108 valence electrons. The van der Waals surface area contributed by atoms with Crippen LogP contribution in [0, 0.1) is 5.92 Å². The van der Waals surface area contributed by atoms with Gasteiger partial charge in [-0.3, -0.25) is 9.79 Å². The number of morpholine rings is 1. The van der Waals surface area contributed by atoms with Crippen molar-refractivity contribution in [3.8, 4) is 0 Å². The van der Waals surface area contributed by atoms with Crippen molar-refractivity contribution in [2.24, 2.45) is 16.6 Å². The molecular weight excluding hydrogens is 242 g/mol. The number of carbonyl (C=O) groups excluding carboxylic acids is 1. The van der Waals surface area contributed by atoms with E-state index in [1.165, 1.54) is 19.3 Å². The molecule has 0 aromatic heterocycles. The number of amides is 1. The first-order valence-corrected chi connectivity index (χ1v) is 7.38. The summed E-state index contributed by atoms with van der Waals surface area (Å²) in [5.74, 6) is 1.13. The molecule has 0 bridgehead atoms. The number of carbonyl (C=O) groups is 1. The third-order valence-electron chi connectivity index (χ3n) is 4.05. The Kier molecular flexibility index (Phi) is 5.19. The van der Waals surface area contributed by atoms with Crippen molar-refractivity contribution in [1.82, 2.24) is 4.90 Å². The Hall–Kier alpha value is -1.10. The van der Waals surface area contributed by atoms with E-state index < -0.39 is 0 Å². The van der Waals surface area contributed by atoms with Gasteiger partial charge in [0.2, 0.25) is 5.91 Å². The zero-order valence-electron chi connectivity index (χ0n) is 11.8. The second-order valence-electron chi connectivity index (χ2n) is 5.50. The molecule has 5 nitrogen and oxygen atoms in total. The maximum Gasteiger partial charge on any atom is 0.247 e. The van der Waals surface area contributed by atoms with Crippen LogP contribution in [0.15, 0.2) is 4.99 Å². The topological polar surface area (TPSA) is 67.9 Å². The lowest BCUT2D eigenvalue weighted by Gasteiger charge is -2.28. The molecule has 0 aromatic rings. The molecule has 1 saturated heterocycles. The Labute approximate surface area is 115 Å². The first-order chi connectivity index (χ1) is 9.18. The van der Waals surface area contributed by atoms with Gasteiger partial charge in [-0.2, -0.15) is 0 Å². The smallest absolute Gasteiger partial charge is 0.247 e. The van der Waals surface area contributed by atoms with Gasteiger partial charge in [-0.15, -0.1) is 0 Å². The number of nitrogens with two attached hydrogens (primary N) is 1. The first kappa shape index (κ1) is 14.3. The lowest BCUT2D eigenvalue weighted by Crippen LogP contribution is -2.45. The molecular formula is C14H25N3O2. The summed E-state index contributed by atoms with van der Waals surface area (Å²) in [6.07, 6.45) is 5.99. The van der Waals surface area contributed by atoms with Crippen molar-refractivity contribution in [3.05, 3.63) is 0 Å². The lowest BCUT2D eigenvalue weighted by molar-refractivity contribution is -0.136. The van der Waals surface area contributed by atoms with Gasteiger partial charge < -0.3 is 15.4 Å². The summed E-state index contributed by atoms with van der Waals surface area (Å²) < 4.78 is 5.25. The Morgan fingerprint density at radius 2 is 1.89 bits per heavy atom. The van der Waals surface area contributed by atoms with Crippen LogP contribution in [0.1, 0.15) is 39.0 Å². The molecule has 1 heterocycles. The van der Waals surface area contributed by atoms with Crippen LogP contribution in [0.2, 0.25) is 0 Å². The van der Waals surface area contributed by atoms with E-state index in [1.807, 2.05) is 11.8 Å². The van der Waals surface area contributed by atoms with Crippen molar-refractivity contribution in [2.75, 3.05) is 26.3 Å². The maximum atomic E-state index is 12.2. The summed E-state index contributed by atoms with van der Waals surface area (Å²) in [5.41, 5.74) is 6.07. The minimum Gasteiger partial charge on any atom is -0.387 e. The third kappa shape index (κ3) is 3.93. The highest BCUT2D eigenvalue weighted by Crippen LogP contribution is 2.23. The van der Waals surface area contributed by atoms with Crippen LogP contribution in [-0.4, -0.2) is 49.0 Å². The Morgan fingerprint density at radius 3 is 2.53 bits per heavy atom. The lowest BCUT2D eigenvalue weighted by atomic mass is 9.88. The maximum absolute atomic E-state index is 12.2. The van der Waals surface area contributed by atoms with E-state index in [-0.39, 0.29) is 11.9 Å². The Balaban J connectivity index is 1.90. The summed E-state index contributed by atoms with van der Waals surface area (Å²) in [4.78, 5) is 18.5. The second kappa shape index (κ2) is 6.89. The van der Waals surface area contributed by atoms with Gasteiger partial charge in [-0.05, 0) is 19.8 Å².